The van der Waals surface area contributed by atoms with Gasteiger partial charge in [-0.15, -0.1) is 0 Å². The van der Waals surface area contributed by atoms with Crippen molar-refractivity contribution in [2.75, 3.05) is 12.8 Å². The maximum atomic E-state index is 12.4. The zero-order valence-corrected chi connectivity index (χ0v) is 13.4. The molecule has 0 aromatic heterocycles. The van der Waals surface area contributed by atoms with E-state index in [4.69, 9.17) is 0 Å². The van der Waals surface area contributed by atoms with Crippen LogP contribution in [0.5, 0.6) is 0 Å². The molecule has 1 fully saturated rings. The van der Waals surface area contributed by atoms with E-state index in [2.05, 4.69) is 18.5 Å². The molecular formula is C14H26N2O2S. The maximum Gasteiger partial charge on any atom is 0.245 e. The second-order valence-corrected chi connectivity index (χ2v) is 6.80. The zero-order chi connectivity index (χ0) is 14.6. The molecule has 0 aromatic rings. The molecule has 1 heterocycles. The van der Waals surface area contributed by atoms with E-state index in [0.29, 0.717) is 18.2 Å². The third-order valence-corrected chi connectivity index (χ3v) is 4.76. The molecule has 0 saturated carbocycles. The van der Waals surface area contributed by atoms with Gasteiger partial charge >= 0.3 is 0 Å². The van der Waals surface area contributed by atoms with E-state index in [1.807, 2.05) is 20.8 Å². The Morgan fingerprint density at radius 3 is 2.42 bits per heavy atom. The Bertz CT molecular complexity index is 333. The molecule has 1 aliphatic heterocycles. The summed E-state index contributed by atoms with van der Waals surface area (Å²) in [7, 11) is 0. The van der Waals surface area contributed by atoms with Gasteiger partial charge in [-0.25, -0.2) is 0 Å². The fourth-order valence-corrected chi connectivity index (χ4v) is 2.77. The Morgan fingerprint density at radius 1 is 1.32 bits per heavy atom. The lowest BCUT2D eigenvalue weighted by Crippen LogP contribution is -2.64. The molecular weight excluding hydrogens is 260 g/mol. The molecule has 1 rings (SSSR count). The summed E-state index contributed by atoms with van der Waals surface area (Å²) in [6.07, 6.45) is 3.66. The van der Waals surface area contributed by atoms with E-state index in [9.17, 15) is 9.59 Å². The Kier molecular flexibility index (Phi) is 6.17. The van der Waals surface area contributed by atoms with Crippen LogP contribution in [-0.2, 0) is 9.59 Å². The molecule has 2 amide bonds. The first-order chi connectivity index (χ1) is 8.92. The molecule has 0 spiro atoms. The van der Waals surface area contributed by atoms with E-state index in [1.165, 1.54) is 0 Å². The molecule has 3 atom stereocenters. The van der Waals surface area contributed by atoms with Gasteiger partial charge in [-0.05, 0) is 25.0 Å². The Hall–Kier alpha value is -0.710. The number of carbonyl (C=O) groups excluding carboxylic acids is 2. The number of amides is 2. The molecule has 19 heavy (non-hydrogen) atoms. The predicted molar refractivity (Wildman–Crippen MR) is 80.2 cm³/mol. The van der Waals surface area contributed by atoms with Crippen LogP contribution in [0, 0.1) is 5.92 Å². The van der Waals surface area contributed by atoms with Gasteiger partial charge in [-0.3, -0.25) is 9.59 Å². The molecule has 0 aromatic carbocycles. The van der Waals surface area contributed by atoms with Crippen molar-refractivity contribution in [3.05, 3.63) is 0 Å². The number of piperazine rings is 1. The minimum absolute atomic E-state index is 0.00162. The highest BCUT2D eigenvalue weighted by atomic mass is 32.2. The van der Waals surface area contributed by atoms with Gasteiger partial charge in [0, 0.05) is 11.8 Å². The van der Waals surface area contributed by atoms with Crippen LogP contribution in [0.2, 0.25) is 0 Å². The van der Waals surface area contributed by atoms with Gasteiger partial charge in [-0.1, -0.05) is 27.7 Å². The standard InChI is InChI=1S/C14H26N2O2S/c1-6-11-14(18)16(8-7-10(4)19-5)12(9(2)3)13(17)15-11/h9-12H,6-8H2,1-5H3,(H,15,17). The van der Waals surface area contributed by atoms with Gasteiger partial charge in [0.2, 0.25) is 11.8 Å². The molecule has 110 valence electrons. The SMILES string of the molecule is CCC1NC(=O)C(C(C)C)N(CCC(C)SC)C1=O. The first-order valence-corrected chi connectivity index (χ1v) is 8.34. The van der Waals surface area contributed by atoms with Crippen molar-refractivity contribution in [3.8, 4) is 0 Å². The van der Waals surface area contributed by atoms with Gasteiger partial charge in [0.1, 0.15) is 12.1 Å². The predicted octanol–water partition coefficient (Wildman–Crippen LogP) is 1.89. The quantitative estimate of drug-likeness (QED) is 0.811. The minimum Gasteiger partial charge on any atom is -0.343 e. The summed E-state index contributed by atoms with van der Waals surface area (Å²) in [6, 6.07) is -0.656. The highest BCUT2D eigenvalue weighted by molar-refractivity contribution is 7.99. The average molecular weight is 286 g/mol. The normalized spacial score (nSPS) is 25.7. The molecule has 5 heteroatoms. The van der Waals surface area contributed by atoms with Crippen molar-refractivity contribution in [1.29, 1.82) is 0 Å². The summed E-state index contributed by atoms with van der Waals surface area (Å²) in [5.74, 6) is 0.221. The Morgan fingerprint density at radius 2 is 1.95 bits per heavy atom. The van der Waals surface area contributed by atoms with Gasteiger partial charge in [0.25, 0.3) is 0 Å². The number of nitrogens with one attached hydrogen (secondary N) is 1. The van der Waals surface area contributed by atoms with Gasteiger partial charge in [-0.2, -0.15) is 11.8 Å². The molecule has 4 nitrogen and oxygen atoms in total. The van der Waals surface area contributed by atoms with Crippen LogP contribution in [0.3, 0.4) is 0 Å². The maximum absolute atomic E-state index is 12.4. The van der Waals surface area contributed by atoms with E-state index >= 15 is 0 Å². The summed E-state index contributed by atoms with van der Waals surface area (Å²) < 4.78 is 0. The van der Waals surface area contributed by atoms with Crippen LogP contribution >= 0.6 is 11.8 Å². The zero-order valence-electron chi connectivity index (χ0n) is 12.6. The third kappa shape index (κ3) is 3.88. The number of hydrogen-bond acceptors (Lipinski definition) is 3. The van der Waals surface area contributed by atoms with Crippen molar-refractivity contribution >= 4 is 23.6 Å². The molecule has 1 N–H and O–H groups in total. The molecule has 1 saturated heterocycles. The Labute approximate surface area is 120 Å². The topological polar surface area (TPSA) is 49.4 Å². The summed E-state index contributed by atoms with van der Waals surface area (Å²) in [5, 5.41) is 3.35. The number of rotatable bonds is 6. The number of carbonyl (C=O) groups is 2. The van der Waals surface area contributed by atoms with Crippen molar-refractivity contribution in [2.45, 2.75) is 57.9 Å². The number of thioether (sulfide) groups is 1. The lowest BCUT2D eigenvalue weighted by molar-refractivity contribution is -0.151. The lowest BCUT2D eigenvalue weighted by Gasteiger charge is -2.41. The van der Waals surface area contributed by atoms with E-state index in [-0.39, 0.29) is 29.8 Å². The van der Waals surface area contributed by atoms with Crippen LogP contribution in [0.25, 0.3) is 0 Å². The fraction of sp³-hybridized carbons (Fsp3) is 0.857. The summed E-state index contributed by atoms with van der Waals surface area (Å²) in [4.78, 5) is 26.4. The van der Waals surface area contributed by atoms with Crippen LogP contribution in [0.15, 0.2) is 0 Å². The second-order valence-electron chi connectivity index (χ2n) is 5.52. The highest BCUT2D eigenvalue weighted by Gasteiger charge is 2.40. The Balaban J connectivity index is 2.83. The van der Waals surface area contributed by atoms with Crippen molar-refractivity contribution in [2.24, 2.45) is 5.92 Å². The largest absolute Gasteiger partial charge is 0.343 e. The molecule has 0 aliphatic carbocycles. The second kappa shape index (κ2) is 7.17. The molecule has 0 radical (unpaired) electrons. The highest BCUT2D eigenvalue weighted by Crippen LogP contribution is 2.20. The number of hydrogen-bond donors (Lipinski definition) is 1. The summed E-state index contributed by atoms with van der Waals surface area (Å²) >= 11 is 1.79. The van der Waals surface area contributed by atoms with Crippen LogP contribution in [0.1, 0.15) is 40.5 Å². The van der Waals surface area contributed by atoms with Crippen LogP contribution in [-0.4, -0.2) is 46.8 Å². The smallest absolute Gasteiger partial charge is 0.245 e. The molecule has 3 unspecified atom stereocenters. The number of nitrogens with zero attached hydrogens (tertiary/aromatic N) is 1. The van der Waals surface area contributed by atoms with Crippen molar-refractivity contribution in [3.63, 3.8) is 0 Å². The monoisotopic (exact) mass is 286 g/mol. The molecule has 1 aliphatic rings. The minimum atomic E-state index is -0.341. The van der Waals surface area contributed by atoms with Gasteiger partial charge in [0.15, 0.2) is 0 Å². The first kappa shape index (κ1) is 16.3. The molecule has 0 bridgehead atoms. The average Bonchev–Trinajstić information content (AvgIpc) is 2.37. The summed E-state index contributed by atoms with van der Waals surface area (Å²) in [6.45, 7) is 8.75. The van der Waals surface area contributed by atoms with E-state index in [0.717, 1.165) is 6.42 Å². The summed E-state index contributed by atoms with van der Waals surface area (Å²) in [5.41, 5.74) is 0. The first-order valence-electron chi connectivity index (χ1n) is 7.06. The van der Waals surface area contributed by atoms with Gasteiger partial charge in [0.05, 0.1) is 0 Å². The van der Waals surface area contributed by atoms with Crippen LogP contribution in [0.4, 0.5) is 0 Å². The van der Waals surface area contributed by atoms with Gasteiger partial charge < -0.3 is 10.2 Å². The van der Waals surface area contributed by atoms with Crippen LogP contribution < -0.4 is 5.32 Å². The van der Waals surface area contributed by atoms with Crippen molar-refractivity contribution < 1.29 is 9.59 Å². The lowest BCUT2D eigenvalue weighted by atomic mass is 9.96. The third-order valence-electron chi connectivity index (χ3n) is 3.72. The van der Waals surface area contributed by atoms with Crippen molar-refractivity contribution in [1.82, 2.24) is 10.2 Å². The van der Waals surface area contributed by atoms with E-state index in [1.54, 1.807) is 16.7 Å². The fourth-order valence-electron chi connectivity index (χ4n) is 2.42. The van der Waals surface area contributed by atoms with E-state index < -0.39 is 0 Å².